The molecule has 0 amide bonds. The molecule has 0 N–H and O–H groups in total. The van der Waals surface area contributed by atoms with E-state index in [1.165, 1.54) is 4.42 Å². The Bertz CT molecular complexity index is 966. The van der Waals surface area contributed by atoms with E-state index in [4.69, 9.17) is 11.8 Å². The van der Waals surface area contributed by atoms with Crippen LogP contribution in [0.2, 0.25) is 0 Å². The van der Waals surface area contributed by atoms with Crippen LogP contribution in [0.1, 0.15) is 31.8 Å². The van der Waals surface area contributed by atoms with Gasteiger partial charge in [0.15, 0.2) is 11.6 Å². The van der Waals surface area contributed by atoms with Crippen molar-refractivity contribution in [1.82, 2.24) is 0 Å². The molecule has 0 saturated carbocycles. The van der Waals surface area contributed by atoms with Crippen molar-refractivity contribution in [2.24, 2.45) is 0 Å². The van der Waals surface area contributed by atoms with Crippen molar-refractivity contribution in [3.63, 3.8) is 0 Å². The molecule has 4 rings (SSSR count). The van der Waals surface area contributed by atoms with Crippen molar-refractivity contribution in [2.45, 2.75) is 0 Å². The minimum Gasteiger partial charge on any atom is -0.289 e. The van der Waals surface area contributed by atoms with Gasteiger partial charge >= 0.3 is 0 Å². The first-order valence-electron chi connectivity index (χ1n) is 7.51. The number of ketones is 2. The third-order valence-electron chi connectivity index (χ3n) is 4.12. The summed E-state index contributed by atoms with van der Waals surface area (Å²) in [5.41, 5.74) is 2.83. The van der Waals surface area contributed by atoms with Crippen LogP contribution < -0.4 is 4.42 Å². The van der Waals surface area contributed by atoms with Crippen LogP contribution in [0.15, 0.2) is 72.8 Å². The number of para-hydroxylation sites is 1. The molecule has 0 unspecified atom stereocenters. The van der Waals surface area contributed by atoms with Gasteiger partial charge in [-0.1, -0.05) is 54.6 Å². The number of rotatable bonds is 2. The largest absolute Gasteiger partial charge is 0.289 e. The van der Waals surface area contributed by atoms with Gasteiger partial charge in [-0.3, -0.25) is 14.0 Å². The van der Waals surface area contributed by atoms with Crippen molar-refractivity contribution in [3.8, 4) is 0 Å². The summed E-state index contributed by atoms with van der Waals surface area (Å²) in [6.07, 6.45) is 0. The van der Waals surface area contributed by atoms with Crippen molar-refractivity contribution < 1.29 is 9.59 Å². The molecule has 0 aromatic heterocycles. The summed E-state index contributed by atoms with van der Waals surface area (Å²) in [6, 6.07) is 21.3. The molecular formula is C20H12ClNO2. The van der Waals surface area contributed by atoms with E-state index in [9.17, 15) is 9.59 Å². The Balaban J connectivity index is 1.92. The molecule has 0 atom stereocenters. The van der Waals surface area contributed by atoms with Crippen LogP contribution in [0, 0.1) is 0 Å². The molecule has 0 aliphatic heterocycles. The van der Waals surface area contributed by atoms with Crippen LogP contribution in [0.3, 0.4) is 0 Å². The lowest BCUT2D eigenvalue weighted by atomic mass is 9.83. The van der Waals surface area contributed by atoms with Crippen molar-refractivity contribution >= 4 is 34.7 Å². The predicted octanol–water partition coefficient (Wildman–Crippen LogP) is 4.75. The van der Waals surface area contributed by atoms with Crippen molar-refractivity contribution in [2.75, 3.05) is 4.42 Å². The number of halogens is 1. The van der Waals surface area contributed by atoms with Gasteiger partial charge in [-0.2, -0.15) is 0 Å². The lowest BCUT2D eigenvalue weighted by Gasteiger charge is -2.24. The summed E-state index contributed by atoms with van der Waals surface area (Å²) in [5.74, 6) is -0.336. The molecule has 4 heteroatoms. The van der Waals surface area contributed by atoms with Gasteiger partial charge in [0.1, 0.15) is 0 Å². The normalized spacial score (nSPS) is 12.5. The van der Waals surface area contributed by atoms with E-state index in [0.717, 1.165) is 5.69 Å². The first-order chi connectivity index (χ1) is 11.7. The Morgan fingerprint density at radius 3 is 1.92 bits per heavy atom. The number of anilines is 2. The number of nitrogens with zero attached hydrogens (tertiary/aromatic N) is 1. The summed E-state index contributed by atoms with van der Waals surface area (Å²) < 4.78 is 1.41. The fraction of sp³-hybridized carbons (Fsp3) is 0. The molecule has 3 aromatic carbocycles. The molecule has 0 heterocycles. The SMILES string of the molecule is O=C1c2ccccc2C(=O)c2c1cccc2N(Cl)c1ccccc1. The Labute approximate surface area is 144 Å². The molecule has 1 aliphatic rings. The van der Waals surface area contributed by atoms with Crippen LogP contribution in [-0.2, 0) is 0 Å². The number of carbonyl (C=O) groups excluding carboxylic acids is 2. The zero-order chi connectivity index (χ0) is 16.7. The molecule has 116 valence electrons. The summed E-state index contributed by atoms with van der Waals surface area (Å²) in [4.78, 5) is 25.7. The van der Waals surface area contributed by atoms with E-state index >= 15 is 0 Å². The molecule has 0 bridgehead atoms. The van der Waals surface area contributed by atoms with Crippen LogP contribution in [-0.4, -0.2) is 11.6 Å². The minimum atomic E-state index is -0.183. The highest BCUT2D eigenvalue weighted by atomic mass is 35.5. The van der Waals surface area contributed by atoms with Gasteiger partial charge in [0.05, 0.1) is 16.9 Å². The molecule has 0 radical (unpaired) electrons. The van der Waals surface area contributed by atoms with Gasteiger partial charge in [-0.15, -0.1) is 0 Å². The maximum atomic E-state index is 13.0. The zero-order valence-corrected chi connectivity index (χ0v) is 13.3. The van der Waals surface area contributed by atoms with E-state index in [0.29, 0.717) is 27.9 Å². The van der Waals surface area contributed by atoms with Crippen molar-refractivity contribution in [1.29, 1.82) is 0 Å². The van der Waals surface area contributed by atoms with Gasteiger partial charge in [0.2, 0.25) is 0 Å². The number of hydrogen-bond donors (Lipinski definition) is 0. The maximum absolute atomic E-state index is 13.0. The second-order valence-corrected chi connectivity index (χ2v) is 5.86. The van der Waals surface area contributed by atoms with E-state index < -0.39 is 0 Å². The number of hydrogen-bond acceptors (Lipinski definition) is 3. The molecular weight excluding hydrogens is 322 g/mol. The minimum absolute atomic E-state index is 0.153. The van der Waals surface area contributed by atoms with E-state index in [2.05, 4.69) is 0 Å². The number of fused-ring (bicyclic) bond motifs is 2. The summed E-state index contributed by atoms with van der Waals surface area (Å²) in [7, 11) is 0. The summed E-state index contributed by atoms with van der Waals surface area (Å²) >= 11 is 6.48. The maximum Gasteiger partial charge on any atom is 0.196 e. The van der Waals surface area contributed by atoms with Gasteiger partial charge in [0, 0.05) is 28.5 Å². The third-order valence-corrected chi connectivity index (χ3v) is 4.50. The van der Waals surface area contributed by atoms with Gasteiger partial charge in [0.25, 0.3) is 0 Å². The van der Waals surface area contributed by atoms with E-state index in [-0.39, 0.29) is 11.6 Å². The first-order valence-corrected chi connectivity index (χ1v) is 7.84. The molecule has 3 aromatic rings. The lowest BCUT2D eigenvalue weighted by Crippen LogP contribution is -2.23. The van der Waals surface area contributed by atoms with Crippen LogP contribution in [0.5, 0.6) is 0 Å². The number of benzene rings is 3. The van der Waals surface area contributed by atoms with Crippen LogP contribution in [0.4, 0.5) is 11.4 Å². The van der Waals surface area contributed by atoms with Crippen LogP contribution in [0.25, 0.3) is 0 Å². The zero-order valence-electron chi connectivity index (χ0n) is 12.6. The summed E-state index contributed by atoms with van der Waals surface area (Å²) in [6.45, 7) is 0. The summed E-state index contributed by atoms with van der Waals surface area (Å²) in [5, 5.41) is 0. The standard InChI is InChI=1S/C20H12ClNO2/c21-22(13-7-2-1-3-8-13)17-12-6-11-16-18(17)20(24)15-10-5-4-9-14(15)19(16)23/h1-12H. The smallest absolute Gasteiger partial charge is 0.196 e. The number of carbonyl (C=O) groups is 2. The highest BCUT2D eigenvalue weighted by molar-refractivity contribution is 6.35. The van der Waals surface area contributed by atoms with E-state index in [1.807, 2.05) is 30.3 Å². The highest BCUT2D eigenvalue weighted by Gasteiger charge is 2.32. The van der Waals surface area contributed by atoms with Crippen LogP contribution >= 0.6 is 11.8 Å². The second-order valence-electron chi connectivity index (χ2n) is 5.52. The lowest BCUT2D eigenvalue weighted by molar-refractivity contribution is 0.0979. The average Bonchev–Trinajstić information content (AvgIpc) is 2.65. The average molecular weight is 334 g/mol. The molecule has 0 spiro atoms. The fourth-order valence-corrected chi connectivity index (χ4v) is 3.24. The first kappa shape index (κ1) is 14.7. The van der Waals surface area contributed by atoms with Crippen molar-refractivity contribution in [3.05, 3.63) is 95.1 Å². The van der Waals surface area contributed by atoms with Gasteiger partial charge < -0.3 is 0 Å². The topological polar surface area (TPSA) is 37.4 Å². The fourth-order valence-electron chi connectivity index (χ4n) is 2.99. The Morgan fingerprint density at radius 2 is 1.21 bits per heavy atom. The second kappa shape index (κ2) is 5.62. The Hall–Kier alpha value is -2.91. The highest BCUT2D eigenvalue weighted by Crippen LogP contribution is 2.37. The predicted molar refractivity (Wildman–Crippen MR) is 94.2 cm³/mol. The molecule has 24 heavy (non-hydrogen) atoms. The molecule has 0 saturated heterocycles. The molecule has 3 nitrogen and oxygen atoms in total. The quantitative estimate of drug-likeness (QED) is 0.497. The molecule has 1 aliphatic carbocycles. The monoisotopic (exact) mass is 333 g/mol. The van der Waals surface area contributed by atoms with Gasteiger partial charge in [-0.25, -0.2) is 0 Å². The molecule has 0 fully saturated rings. The third kappa shape index (κ3) is 2.14. The van der Waals surface area contributed by atoms with Gasteiger partial charge in [-0.05, 0) is 18.2 Å². The Morgan fingerprint density at radius 1 is 0.625 bits per heavy atom. The Kier molecular flexibility index (Phi) is 3.44. The van der Waals surface area contributed by atoms with E-state index in [1.54, 1.807) is 42.5 Å².